The highest BCUT2D eigenvalue weighted by Gasteiger charge is 1.99. The van der Waals surface area contributed by atoms with Crippen molar-refractivity contribution in [3.63, 3.8) is 0 Å². The molecule has 0 bridgehead atoms. The minimum atomic E-state index is 0.0709. The van der Waals surface area contributed by atoms with Crippen LogP contribution in [0, 0.1) is 0 Å². The maximum atomic E-state index is 11.1. The van der Waals surface area contributed by atoms with E-state index in [0.717, 1.165) is 31.8 Å². The van der Waals surface area contributed by atoms with E-state index in [1.807, 2.05) is 19.1 Å². The Bertz CT molecular complexity index is 432. The first-order chi connectivity index (χ1) is 9.63. The molecule has 0 atom stereocenters. The third-order valence-electron chi connectivity index (χ3n) is 3.01. The zero-order chi connectivity index (χ0) is 14.8. The first-order valence-electron chi connectivity index (χ1n) is 7.10. The summed E-state index contributed by atoms with van der Waals surface area (Å²) in [7, 11) is 0. The lowest BCUT2D eigenvalue weighted by Gasteiger charge is -2.05. The largest absolute Gasteiger partial charge is 0.490 e. The number of allylic oxidation sites excluding steroid dienone is 1. The van der Waals surface area contributed by atoms with E-state index in [1.54, 1.807) is 19.1 Å². The van der Waals surface area contributed by atoms with E-state index >= 15 is 0 Å². The monoisotopic (exact) mass is 276 g/mol. The fourth-order valence-electron chi connectivity index (χ4n) is 1.77. The van der Waals surface area contributed by atoms with Crippen LogP contribution in [0.15, 0.2) is 35.9 Å². The molecule has 0 N–H and O–H groups in total. The first-order valence-corrected chi connectivity index (χ1v) is 7.10. The smallest absolute Gasteiger partial charge is 0.159 e. The second-order valence-electron chi connectivity index (χ2n) is 4.74. The molecular weight excluding hydrogens is 252 g/mol. The van der Waals surface area contributed by atoms with Gasteiger partial charge in [-0.2, -0.15) is 0 Å². The molecule has 0 saturated heterocycles. The Balaban J connectivity index is 2.30. The molecule has 0 aromatic heterocycles. The molecule has 0 spiro atoms. The SMILES string of the molecule is CCOCCC/C(C)=C/COc1ccc(C(C)=O)cc1. The van der Waals surface area contributed by atoms with Crippen molar-refractivity contribution in [1.29, 1.82) is 0 Å². The van der Waals surface area contributed by atoms with Gasteiger partial charge in [-0.15, -0.1) is 0 Å². The molecule has 0 aliphatic rings. The summed E-state index contributed by atoms with van der Waals surface area (Å²) in [5.41, 5.74) is 2.02. The summed E-state index contributed by atoms with van der Waals surface area (Å²) in [5, 5.41) is 0. The van der Waals surface area contributed by atoms with Crippen LogP contribution in [0.5, 0.6) is 5.75 Å². The summed E-state index contributed by atoms with van der Waals surface area (Å²) < 4.78 is 10.9. The zero-order valence-corrected chi connectivity index (χ0v) is 12.6. The third-order valence-corrected chi connectivity index (χ3v) is 3.01. The van der Waals surface area contributed by atoms with Crippen molar-refractivity contribution in [2.45, 2.75) is 33.6 Å². The lowest BCUT2D eigenvalue weighted by atomic mass is 10.1. The van der Waals surface area contributed by atoms with E-state index in [-0.39, 0.29) is 5.78 Å². The van der Waals surface area contributed by atoms with Gasteiger partial charge < -0.3 is 9.47 Å². The predicted octanol–water partition coefficient (Wildman–Crippen LogP) is 4.03. The topological polar surface area (TPSA) is 35.5 Å². The lowest BCUT2D eigenvalue weighted by Crippen LogP contribution is -1.97. The molecule has 1 aromatic rings. The number of carbonyl (C=O) groups excluding carboxylic acids is 1. The van der Waals surface area contributed by atoms with Gasteiger partial charge in [0.15, 0.2) is 5.78 Å². The van der Waals surface area contributed by atoms with Crippen LogP contribution in [-0.2, 0) is 4.74 Å². The zero-order valence-electron chi connectivity index (χ0n) is 12.6. The molecule has 0 amide bonds. The molecule has 0 radical (unpaired) electrons. The molecule has 1 rings (SSSR count). The van der Waals surface area contributed by atoms with Gasteiger partial charge in [-0.3, -0.25) is 4.79 Å². The van der Waals surface area contributed by atoms with Gasteiger partial charge in [-0.05, 0) is 64.0 Å². The highest BCUT2D eigenvalue weighted by atomic mass is 16.5. The highest BCUT2D eigenvalue weighted by molar-refractivity contribution is 5.94. The Hall–Kier alpha value is -1.61. The molecule has 0 saturated carbocycles. The first kappa shape index (κ1) is 16.4. The molecule has 110 valence electrons. The Morgan fingerprint density at radius 2 is 1.90 bits per heavy atom. The standard InChI is InChI=1S/C17H24O3/c1-4-19-12-5-6-14(2)11-13-20-17-9-7-16(8-10-17)15(3)18/h7-11H,4-6,12-13H2,1-3H3/b14-11+. The fraction of sp³-hybridized carbons (Fsp3) is 0.471. The number of ketones is 1. The van der Waals surface area contributed by atoms with Gasteiger partial charge in [0.25, 0.3) is 0 Å². The van der Waals surface area contributed by atoms with Crippen molar-refractivity contribution in [3.05, 3.63) is 41.5 Å². The quantitative estimate of drug-likeness (QED) is 0.388. The average molecular weight is 276 g/mol. The van der Waals surface area contributed by atoms with Crippen LogP contribution in [-0.4, -0.2) is 25.6 Å². The van der Waals surface area contributed by atoms with Crippen LogP contribution < -0.4 is 4.74 Å². The maximum Gasteiger partial charge on any atom is 0.159 e. The lowest BCUT2D eigenvalue weighted by molar-refractivity contribution is 0.101. The summed E-state index contributed by atoms with van der Waals surface area (Å²) >= 11 is 0. The predicted molar refractivity (Wildman–Crippen MR) is 81.4 cm³/mol. The van der Waals surface area contributed by atoms with E-state index in [4.69, 9.17) is 9.47 Å². The van der Waals surface area contributed by atoms with Gasteiger partial charge >= 0.3 is 0 Å². The van der Waals surface area contributed by atoms with Gasteiger partial charge in [0.05, 0.1) is 0 Å². The van der Waals surface area contributed by atoms with Crippen molar-refractivity contribution in [2.75, 3.05) is 19.8 Å². The number of carbonyl (C=O) groups is 1. The molecule has 3 heteroatoms. The van der Waals surface area contributed by atoms with E-state index in [9.17, 15) is 4.79 Å². The molecular formula is C17H24O3. The van der Waals surface area contributed by atoms with Crippen LogP contribution in [0.3, 0.4) is 0 Å². The Labute approximate surface area is 121 Å². The third kappa shape index (κ3) is 6.53. The van der Waals surface area contributed by atoms with Crippen molar-refractivity contribution >= 4 is 5.78 Å². The van der Waals surface area contributed by atoms with Gasteiger partial charge in [0, 0.05) is 18.8 Å². The van der Waals surface area contributed by atoms with Gasteiger partial charge in [-0.25, -0.2) is 0 Å². The van der Waals surface area contributed by atoms with E-state index in [1.165, 1.54) is 5.57 Å². The molecule has 0 fully saturated rings. The van der Waals surface area contributed by atoms with Gasteiger partial charge in [0.2, 0.25) is 0 Å². The second-order valence-corrected chi connectivity index (χ2v) is 4.74. The summed E-state index contributed by atoms with van der Waals surface area (Å²) in [4.78, 5) is 11.1. The van der Waals surface area contributed by atoms with E-state index in [0.29, 0.717) is 12.2 Å². The van der Waals surface area contributed by atoms with Crippen molar-refractivity contribution in [3.8, 4) is 5.75 Å². The number of hydrogen-bond acceptors (Lipinski definition) is 3. The molecule has 0 aliphatic carbocycles. The molecule has 20 heavy (non-hydrogen) atoms. The number of benzene rings is 1. The number of ether oxygens (including phenoxy) is 2. The van der Waals surface area contributed by atoms with Gasteiger partial charge in [-0.1, -0.05) is 5.57 Å². The Kier molecular flexibility index (Phi) is 7.66. The summed E-state index contributed by atoms with van der Waals surface area (Å²) in [6.07, 6.45) is 4.17. The van der Waals surface area contributed by atoms with Crippen LogP contribution >= 0.6 is 0 Å². The van der Waals surface area contributed by atoms with Gasteiger partial charge in [0.1, 0.15) is 12.4 Å². The molecule has 0 heterocycles. The summed E-state index contributed by atoms with van der Waals surface area (Å²) in [6, 6.07) is 7.23. The van der Waals surface area contributed by atoms with Crippen LogP contribution in [0.1, 0.15) is 44.0 Å². The van der Waals surface area contributed by atoms with E-state index in [2.05, 4.69) is 13.0 Å². The van der Waals surface area contributed by atoms with Crippen LogP contribution in [0.4, 0.5) is 0 Å². The molecule has 0 unspecified atom stereocenters. The summed E-state index contributed by atoms with van der Waals surface area (Å²) in [6.45, 7) is 7.82. The maximum absolute atomic E-state index is 11.1. The van der Waals surface area contributed by atoms with Crippen molar-refractivity contribution in [2.24, 2.45) is 0 Å². The Morgan fingerprint density at radius 1 is 1.20 bits per heavy atom. The minimum absolute atomic E-state index is 0.0709. The minimum Gasteiger partial charge on any atom is -0.490 e. The second kappa shape index (κ2) is 9.32. The highest BCUT2D eigenvalue weighted by Crippen LogP contribution is 2.13. The summed E-state index contributed by atoms with van der Waals surface area (Å²) in [5.74, 6) is 0.856. The number of rotatable bonds is 9. The van der Waals surface area contributed by atoms with Crippen molar-refractivity contribution in [1.82, 2.24) is 0 Å². The van der Waals surface area contributed by atoms with Crippen LogP contribution in [0.2, 0.25) is 0 Å². The fourth-order valence-corrected chi connectivity index (χ4v) is 1.77. The number of hydrogen-bond donors (Lipinski definition) is 0. The molecule has 3 nitrogen and oxygen atoms in total. The molecule has 1 aromatic carbocycles. The van der Waals surface area contributed by atoms with E-state index < -0.39 is 0 Å². The number of Topliss-reactive ketones (excluding diaryl/α,β-unsaturated/α-hetero) is 1. The van der Waals surface area contributed by atoms with Crippen molar-refractivity contribution < 1.29 is 14.3 Å². The normalized spacial score (nSPS) is 11.4. The average Bonchev–Trinajstić information content (AvgIpc) is 2.44. The van der Waals surface area contributed by atoms with Crippen LogP contribution in [0.25, 0.3) is 0 Å². The Morgan fingerprint density at radius 3 is 2.50 bits per heavy atom. The molecule has 0 aliphatic heterocycles.